The molecule has 1 saturated heterocycles. The highest BCUT2D eigenvalue weighted by molar-refractivity contribution is 5.91. The van der Waals surface area contributed by atoms with Gasteiger partial charge in [-0.15, -0.1) is 0 Å². The van der Waals surface area contributed by atoms with Gasteiger partial charge in [0.1, 0.15) is 29.4 Å². The van der Waals surface area contributed by atoms with Crippen molar-refractivity contribution >= 4 is 23.8 Å². The molecule has 1 aromatic heterocycles. The summed E-state index contributed by atoms with van der Waals surface area (Å²) in [5.74, 6) is -4.02. The van der Waals surface area contributed by atoms with Gasteiger partial charge in [-0.2, -0.15) is 26.3 Å². The van der Waals surface area contributed by atoms with Crippen LogP contribution in [0.25, 0.3) is 6.08 Å². The van der Waals surface area contributed by atoms with Crippen LogP contribution < -0.4 is 36.7 Å². The lowest BCUT2D eigenvalue weighted by atomic mass is 9.80. The van der Waals surface area contributed by atoms with E-state index in [-0.39, 0.29) is 44.8 Å². The summed E-state index contributed by atoms with van der Waals surface area (Å²) in [6.07, 6.45) is -10.5. The van der Waals surface area contributed by atoms with Crippen LogP contribution in [0.3, 0.4) is 0 Å². The highest BCUT2D eigenvalue weighted by Crippen LogP contribution is 2.42. The number of H-pyrrole nitrogens is 1. The number of carbonyl (C=O) groups is 3. The van der Waals surface area contributed by atoms with Gasteiger partial charge >= 0.3 is 29.9 Å². The standard InChI is InChI=1S/C43H46F6N6O10/c1-62-31-13-9-29(10-14-31)41(28-6-4-3-5-7-28,30-11-15-32(63-2)16-12-30)64-26-34-33(56)24-36(65-34)55-25-27(37(58)53-40(55)61)8-17-35(57)50-18-21-54(22-19-51-38(59)42(44,45)46)23-20-52-39(60)43(47,48)49/h3-17,25,33-34,36,56H,18-24,26H2,1-2H3,(H,50,57)(H,51,59)(H,52,60)(H,53,58,61). The van der Waals surface area contributed by atoms with Crippen LogP contribution in [0.15, 0.2) is 101 Å². The molecule has 350 valence electrons. The lowest BCUT2D eigenvalue weighted by molar-refractivity contribution is -0.173. The van der Waals surface area contributed by atoms with E-state index in [0.29, 0.717) is 11.5 Å². The molecule has 1 aliphatic heterocycles. The number of benzene rings is 3. The molecule has 5 N–H and O–H groups in total. The first-order valence-corrected chi connectivity index (χ1v) is 19.9. The van der Waals surface area contributed by atoms with Crippen LogP contribution in [0.4, 0.5) is 26.3 Å². The fraction of sp³-hybridized carbons (Fsp3) is 0.372. The van der Waals surface area contributed by atoms with Crippen molar-refractivity contribution in [1.29, 1.82) is 0 Å². The Labute approximate surface area is 367 Å². The molecule has 0 radical (unpaired) electrons. The highest BCUT2D eigenvalue weighted by Gasteiger charge is 2.43. The molecule has 0 spiro atoms. The molecule has 0 saturated carbocycles. The van der Waals surface area contributed by atoms with E-state index in [1.54, 1.807) is 49.1 Å². The van der Waals surface area contributed by atoms with Gasteiger partial charge in [-0.1, -0.05) is 54.6 Å². The maximum Gasteiger partial charge on any atom is 0.471 e. The van der Waals surface area contributed by atoms with Crippen LogP contribution in [0.5, 0.6) is 11.5 Å². The monoisotopic (exact) mass is 920 g/mol. The van der Waals surface area contributed by atoms with Gasteiger partial charge < -0.3 is 40.0 Å². The molecule has 0 aliphatic carbocycles. The Kier molecular flexibility index (Phi) is 16.7. The van der Waals surface area contributed by atoms with Crippen molar-refractivity contribution in [3.8, 4) is 11.5 Å². The van der Waals surface area contributed by atoms with E-state index in [0.717, 1.165) is 39.6 Å². The van der Waals surface area contributed by atoms with E-state index in [4.69, 9.17) is 18.9 Å². The SMILES string of the molecule is COc1ccc(C(OCC2OC(n3cc(C=CC(=O)NCCN(CCNC(=O)C(F)(F)F)CCNC(=O)C(F)(F)F)c(=O)[nH]c3=O)CC2O)(c2ccccc2)c2ccc(OC)cc2)cc1. The maximum absolute atomic E-state index is 13.1. The fourth-order valence-electron chi connectivity index (χ4n) is 6.90. The van der Waals surface area contributed by atoms with Gasteiger partial charge in [-0.25, -0.2) is 4.79 Å². The van der Waals surface area contributed by atoms with E-state index >= 15 is 0 Å². The molecular formula is C43H46F6N6O10. The van der Waals surface area contributed by atoms with Gasteiger partial charge in [0.15, 0.2) is 0 Å². The molecule has 3 atom stereocenters. The van der Waals surface area contributed by atoms with Gasteiger partial charge in [0, 0.05) is 58.0 Å². The zero-order chi connectivity index (χ0) is 47.4. The highest BCUT2D eigenvalue weighted by atomic mass is 19.4. The molecule has 5 rings (SSSR count). The topological polar surface area (TPSA) is 203 Å². The summed E-state index contributed by atoms with van der Waals surface area (Å²) >= 11 is 0. The number of hydrogen-bond donors (Lipinski definition) is 5. The molecule has 2 heterocycles. The number of aliphatic hydroxyl groups is 1. The quantitative estimate of drug-likeness (QED) is 0.0496. The largest absolute Gasteiger partial charge is 0.497 e. The summed E-state index contributed by atoms with van der Waals surface area (Å²) in [7, 11) is 3.10. The smallest absolute Gasteiger partial charge is 0.471 e. The predicted molar refractivity (Wildman–Crippen MR) is 221 cm³/mol. The molecule has 16 nitrogen and oxygen atoms in total. The van der Waals surface area contributed by atoms with Gasteiger partial charge in [0.05, 0.1) is 32.5 Å². The summed E-state index contributed by atoms with van der Waals surface area (Å²) in [6.45, 7) is -2.25. The Morgan fingerprint density at radius 1 is 0.785 bits per heavy atom. The fourth-order valence-corrected chi connectivity index (χ4v) is 6.90. The van der Waals surface area contributed by atoms with E-state index < -0.39 is 78.4 Å². The molecule has 1 aliphatic rings. The summed E-state index contributed by atoms with van der Waals surface area (Å²) in [6, 6.07) is 24.0. The van der Waals surface area contributed by atoms with Crippen molar-refractivity contribution in [2.45, 2.75) is 42.8 Å². The minimum atomic E-state index is -5.17. The maximum atomic E-state index is 13.1. The van der Waals surface area contributed by atoms with E-state index in [1.165, 1.54) is 4.90 Å². The molecule has 1 fully saturated rings. The Hall–Kier alpha value is -6.49. The Balaban J connectivity index is 1.27. The van der Waals surface area contributed by atoms with E-state index in [2.05, 4.69) is 10.3 Å². The number of carbonyl (C=O) groups excluding carboxylic acids is 3. The first-order valence-electron chi connectivity index (χ1n) is 19.9. The predicted octanol–water partition coefficient (Wildman–Crippen LogP) is 3.00. The van der Waals surface area contributed by atoms with Crippen LogP contribution in [-0.2, 0) is 29.5 Å². The van der Waals surface area contributed by atoms with Crippen molar-refractivity contribution in [2.24, 2.45) is 0 Å². The number of aliphatic hydroxyl groups excluding tert-OH is 1. The second kappa shape index (κ2) is 21.9. The number of nitrogens with one attached hydrogen (secondary N) is 4. The third-order valence-electron chi connectivity index (χ3n) is 10.2. The third kappa shape index (κ3) is 13.1. The summed E-state index contributed by atoms with van der Waals surface area (Å²) < 4.78 is 100. The first kappa shape index (κ1) is 49.5. The number of hydrogen-bond acceptors (Lipinski definition) is 11. The summed E-state index contributed by atoms with van der Waals surface area (Å²) in [5, 5.41) is 17.0. The number of methoxy groups -OCH3 is 2. The van der Waals surface area contributed by atoms with Crippen molar-refractivity contribution in [3.05, 3.63) is 134 Å². The number of rotatable bonds is 20. The van der Waals surface area contributed by atoms with Crippen LogP contribution in [0, 0.1) is 0 Å². The second-order valence-corrected chi connectivity index (χ2v) is 14.5. The number of alkyl halides is 6. The minimum Gasteiger partial charge on any atom is -0.497 e. The number of ether oxygens (including phenoxy) is 4. The van der Waals surface area contributed by atoms with Crippen LogP contribution in [0.1, 0.15) is 34.9 Å². The zero-order valence-corrected chi connectivity index (χ0v) is 34.9. The molecule has 3 unspecified atom stereocenters. The van der Waals surface area contributed by atoms with Crippen molar-refractivity contribution in [1.82, 2.24) is 30.4 Å². The van der Waals surface area contributed by atoms with E-state index in [9.17, 15) is 55.4 Å². The zero-order valence-electron chi connectivity index (χ0n) is 34.9. The lowest BCUT2D eigenvalue weighted by Gasteiger charge is -2.37. The second-order valence-electron chi connectivity index (χ2n) is 14.5. The molecule has 3 aromatic carbocycles. The molecule has 0 bridgehead atoms. The lowest BCUT2D eigenvalue weighted by Crippen LogP contribution is -2.46. The van der Waals surface area contributed by atoms with Crippen LogP contribution in [-0.4, -0.2) is 122 Å². The number of halogens is 6. The molecule has 4 aromatic rings. The normalized spacial score (nSPS) is 16.7. The number of aromatic nitrogens is 2. The summed E-state index contributed by atoms with van der Waals surface area (Å²) in [5.41, 5.74) is -0.969. The van der Waals surface area contributed by atoms with Crippen LogP contribution >= 0.6 is 0 Å². The molecule has 22 heteroatoms. The third-order valence-corrected chi connectivity index (χ3v) is 10.2. The molecule has 65 heavy (non-hydrogen) atoms. The minimum absolute atomic E-state index is 0.0940. The van der Waals surface area contributed by atoms with Gasteiger partial charge in [0.2, 0.25) is 5.91 Å². The average Bonchev–Trinajstić information content (AvgIpc) is 3.65. The Morgan fingerprint density at radius 3 is 1.77 bits per heavy atom. The van der Waals surface area contributed by atoms with Crippen molar-refractivity contribution < 1.29 is 64.8 Å². The Morgan fingerprint density at radius 2 is 1.28 bits per heavy atom. The summed E-state index contributed by atoms with van der Waals surface area (Å²) in [4.78, 5) is 64.3. The number of nitrogens with zero attached hydrogens (tertiary/aromatic N) is 2. The van der Waals surface area contributed by atoms with Crippen molar-refractivity contribution in [2.75, 3.05) is 60.1 Å². The Bertz CT molecular complexity index is 2300. The number of aromatic amines is 1. The van der Waals surface area contributed by atoms with Gasteiger partial charge in [0.25, 0.3) is 5.56 Å². The van der Waals surface area contributed by atoms with Gasteiger partial charge in [-0.3, -0.25) is 33.6 Å². The number of amides is 3. The van der Waals surface area contributed by atoms with Crippen molar-refractivity contribution in [3.63, 3.8) is 0 Å². The molecule has 3 amide bonds. The van der Waals surface area contributed by atoms with Gasteiger partial charge in [-0.05, 0) is 47.0 Å². The van der Waals surface area contributed by atoms with E-state index in [1.807, 2.05) is 54.6 Å². The molecular weight excluding hydrogens is 874 g/mol. The first-order chi connectivity index (χ1) is 30.8. The average molecular weight is 921 g/mol. The van der Waals surface area contributed by atoms with Crippen LogP contribution in [0.2, 0.25) is 0 Å².